The SMILES string of the molecule is O=C(c1cc(C2CC2)[nH]n1)N1CCCCC[C@H]1c1ccncc1. The zero-order valence-corrected chi connectivity index (χ0v) is 13.2. The molecule has 0 bridgehead atoms. The molecule has 0 unspecified atom stereocenters. The molecule has 5 nitrogen and oxygen atoms in total. The molecule has 23 heavy (non-hydrogen) atoms. The van der Waals surface area contributed by atoms with E-state index in [0.29, 0.717) is 11.6 Å². The fourth-order valence-corrected chi connectivity index (χ4v) is 3.48. The smallest absolute Gasteiger partial charge is 0.274 e. The molecule has 1 atom stereocenters. The van der Waals surface area contributed by atoms with Crippen molar-refractivity contribution in [2.24, 2.45) is 0 Å². The van der Waals surface area contributed by atoms with E-state index in [1.165, 1.54) is 24.8 Å². The number of nitrogens with one attached hydrogen (secondary N) is 1. The van der Waals surface area contributed by atoms with Crippen molar-refractivity contribution in [2.75, 3.05) is 6.54 Å². The molecule has 2 aromatic heterocycles. The summed E-state index contributed by atoms with van der Waals surface area (Å²) in [5, 5.41) is 7.33. The van der Waals surface area contributed by atoms with Crippen LogP contribution >= 0.6 is 0 Å². The van der Waals surface area contributed by atoms with Crippen molar-refractivity contribution in [3.63, 3.8) is 0 Å². The van der Waals surface area contributed by atoms with Crippen LogP contribution in [0, 0.1) is 0 Å². The van der Waals surface area contributed by atoms with Gasteiger partial charge in [-0.05, 0) is 49.4 Å². The maximum absolute atomic E-state index is 13.0. The van der Waals surface area contributed by atoms with Gasteiger partial charge < -0.3 is 4.90 Å². The number of carbonyl (C=O) groups is 1. The van der Waals surface area contributed by atoms with Crippen molar-refractivity contribution < 1.29 is 4.79 Å². The van der Waals surface area contributed by atoms with Crippen LogP contribution in [-0.4, -0.2) is 32.5 Å². The van der Waals surface area contributed by atoms with Gasteiger partial charge in [-0.3, -0.25) is 14.9 Å². The lowest BCUT2D eigenvalue weighted by atomic mass is 10.0. The van der Waals surface area contributed by atoms with Crippen molar-refractivity contribution in [1.82, 2.24) is 20.1 Å². The molecule has 3 heterocycles. The first-order valence-corrected chi connectivity index (χ1v) is 8.59. The van der Waals surface area contributed by atoms with Crippen molar-refractivity contribution in [1.29, 1.82) is 0 Å². The molecule has 1 N–H and O–H groups in total. The highest BCUT2D eigenvalue weighted by atomic mass is 16.2. The van der Waals surface area contributed by atoms with E-state index >= 15 is 0 Å². The number of hydrogen-bond acceptors (Lipinski definition) is 3. The first kappa shape index (κ1) is 14.4. The number of aromatic amines is 1. The lowest BCUT2D eigenvalue weighted by molar-refractivity contribution is 0.0674. The Labute approximate surface area is 136 Å². The molecule has 1 saturated heterocycles. The minimum absolute atomic E-state index is 0.0527. The van der Waals surface area contributed by atoms with E-state index < -0.39 is 0 Å². The molecule has 2 aromatic rings. The molecule has 0 radical (unpaired) electrons. The molecular weight excluding hydrogens is 288 g/mol. The lowest BCUT2D eigenvalue weighted by Gasteiger charge is -2.29. The van der Waals surface area contributed by atoms with Crippen LogP contribution in [0.2, 0.25) is 0 Å². The van der Waals surface area contributed by atoms with Gasteiger partial charge in [-0.25, -0.2) is 0 Å². The first-order chi connectivity index (χ1) is 11.3. The van der Waals surface area contributed by atoms with Gasteiger partial charge in [-0.1, -0.05) is 12.8 Å². The first-order valence-electron chi connectivity index (χ1n) is 8.59. The zero-order valence-electron chi connectivity index (χ0n) is 13.2. The molecule has 1 aliphatic carbocycles. The highest BCUT2D eigenvalue weighted by Gasteiger charge is 2.31. The molecule has 1 aliphatic heterocycles. The largest absolute Gasteiger partial charge is 0.330 e. The van der Waals surface area contributed by atoms with E-state index in [1.54, 1.807) is 0 Å². The Hall–Kier alpha value is -2.17. The Kier molecular flexibility index (Phi) is 3.85. The van der Waals surface area contributed by atoms with Crippen LogP contribution in [0.25, 0.3) is 0 Å². The highest BCUT2D eigenvalue weighted by molar-refractivity contribution is 5.92. The molecule has 0 aromatic carbocycles. The second kappa shape index (κ2) is 6.14. The third kappa shape index (κ3) is 3.00. The molecule has 2 aliphatic rings. The van der Waals surface area contributed by atoms with Crippen LogP contribution in [0.5, 0.6) is 0 Å². The Morgan fingerprint density at radius 2 is 1.96 bits per heavy atom. The monoisotopic (exact) mass is 310 g/mol. The second-order valence-corrected chi connectivity index (χ2v) is 6.63. The van der Waals surface area contributed by atoms with Gasteiger partial charge in [-0.15, -0.1) is 0 Å². The minimum Gasteiger partial charge on any atom is -0.330 e. The van der Waals surface area contributed by atoms with Crippen molar-refractivity contribution in [2.45, 2.75) is 50.5 Å². The molecular formula is C18H22N4O. The summed E-state index contributed by atoms with van der Waals surface area (Å²) >= 11 is 0. The average Bonchev–Trinajstić information content (AvgIpc) is 3.37. The van der Waals surface area contributed by atoms with E-state index in [9.17, 15) is 4.79 Å². The Morgan fingerprint density at radius 3 is 2.74 bits per heavy atom. The van der Waals surface area contributed by atoms with E-state index in [1.807, 2.05) is 35.5 Å². The van der Waals surface area contributed by atoms with Gasteiger partial charge >= 0.3 is 0 Å². The van der Waals surface area contributed by atoms with E-state index in [0.717, 1.165) is 31.5 Å². The van der Waals surface area contributed by atoms with Gasteiger partial charge in [0.25, 0.3) is 5.91 Å². The number of amides is 1. The van der Waals surface area contributed by atoms with Crippen LogP contribution < -0.4 is 0 Å². The van der Waals surface area contributed by atoms with Gasteiger partial charge in [-0.2, -0.15) is 5.10 Å². The number of H-pyrrole nitrogens is 1. The number of pyridine rings is 1. The number of nitrogens with zero attached hydrogens (tertiary/aromatic N) is 3. The quantitative estimate of drug-likeness (QED) is 0.944. The minimum atomic E-state index is 0.0527. The predicted octanol–water partition coefficient (Wildman–Crippen LogP) is 3.44. The van der Waals surface area contributed by atoms with Crippen LogP contribution in [-0.2, 0) is 0 Å². The molecule has 120 valence electrons. The van der Waals surface area contributed by atoms with Gasteiger partial charge in [0.2, 0.25) is 0 Å². The van der Waals surface area contributed by atoms with Crippen LogP contribution in [0.15, 0.2) is 30.6 Å². The van der Waals surface area contributed by atoms with E-state index in [4.69, 9.17) is 0 Å². The summed E-state index contributed by atoms with van der Waals surface area (Å²) in [5.41, 5.74) is 2.85. The van der Waals surface area contributed by atoms with Gasteiger partial charge in [0.1, 0.15) is 5.69 Å². The molecule has 5 heteroatoms. The van der Waals surface area contributed by atoms with Crippen LogP contribution in [0.1, 0.15) is 72.2 Å². The van der Waals surface area contributed by atoms with Gasteiger partial charge in [0.15, 0.2) is 0 Å². The summed E-state index contributed by atoms with van der Waals surface area (Å²) in [6.45, 7) is 0.803. The molecule has 0 spiro atoms. The Bertz CT molecular complexity index is 677. The predicted molar refractivity (Wildman–Crippen MR) is 87.0 cm³/mol. The summed E-state index contributed by atoms with van der Waals surface area (Å²) in [7, 11) is 0. The summed E-state index contributed by atoms with van der Waals surface area (Å²) in [5.74, 6) is 0.640. The summed E-state index contributed by atoms with van der Waals surface area (Å²) < 4.78 is 0. The fraction of sp³-hybridized carbons (Fsp3) is 0.500. The zero-order chi connectivity index (χ0) is 15.6. The second-order valence-electron chi connectivity index (χ2n) is 6.63. The molecule has 4 rings (SSSR count). The van der Waals surface area contributed by atoms with Crippen LogP contribution in [0.4, 0.5) is 0 Å². The maximum atomic E-state index is 13.0. The normalized spacial score (nSPS) is 21.9. The van der Waals surface area contributed by atoms with Gasteiger partial charge in [0.05, 0.1) is 6.04 Å². The van der Waals surface area contributed by atoms with Gasteiger partial charge in [0, 0.05) is 30.6 Å². The number of likely N-dealkylation sites (tertiary alicyclic amines) is 1. The van der Waals surface area contributed by atoms with Crippen molar-refractivity contribution in [3.8, 4) is 0 Å². The highest BCUT2D eigenvalue weighted by Crippen LogP contribution is 2.39. The summed E-state index contributed by atoms with van der Waals surface area (Å²) in [6, 6.07) is 6.13. The number of rotatable bonds is 3. The molecule has 2 fully saturated rings. The number of aromatic nitrogens is 3. The van der Waals surface area contributed by atoms with Crippen LogP contribution in [0.3, 0.4) is 0 Å². The standard InChI is InChI=1S/C18H22N4O/c23-18(16-12-15(20-21-16)13-5-6-13)22-11-3-1-2-4-17(22)14-7-9-19-10-8-14/h7-10,12-13,17H,1-6,11H2,(H,20,21)/t17-/m0/s1. The topological polar surface area (TPSA) is 61.9 Å². The number of carbonyl (C=O) groups excluding carboxylic acids is 1. The van der Waals surface area contributed by atoms with E-state index in [-0.39, 0.29) is 11.9 Å². The number of hydrogen-bond donors (Lipinski definition) is 1. The average molecular weight is 310 g/mol. The summed E-state index contributed by atoms with van der Waals surface area (Å²) in [4.78, 5) is 19.1. The van der Waals surface area contributed by atoms with Crippen molar-refractivity contribution >= 4 is 5.91 Å². The van der Waals surface area contributed by atoms with E-state index in [2.05, 4.69) is 15.2 Å². The fourth-order valence-electron chi connectivity index (χ4n) is 3.48. The summed E-state index contributed by atoms with van der Waals surface area (Å²) in [6.07, 6.45) is 10.4. The lowest BCUT2D eigenvalue weighted by Crippen LogP contribution is -2.35. The third-order valence-electron chi connectivity index (χ3n) is 4.94. The van der Waals surface area contributed by atoms with Crippen molar-refractivity contribution in [3.05, 3.63) is 47.5 Å². The Balaban J connectivity index is 1.60. The molecule has 1 saturated carbocycles. The Morgan fingerprint density at radius 1 is 1.13 bits per heavy atom. The molecule has 1 amide bonds. The maximum Gasteiger partial charge on any atom is 0.274 e. The third-order valence-corrected chi connectivity index (χ3v) is 4.94.